The van der Waals surface area contributed by atoms with E-state index in [1.165, 1.54) is 0 Å². The maximum atomic E-state index is 10.6. The molecule has 0 aliphatic carbocycles. The van der Waals surface area contributed by atoms with E-state index in [9.17, 15) is 18.0 Å². The average molecular weight is 285 g/mol. The first kappa shape index (κ1) is 16.2. The summed E-state index contributed by atoms with van der Waals surface area (Å²) in [6.45, 7) is 0.239. The summed E-state index contributed by atoms with van der Waals surface area (Å²) in [6.07, 6.45) is -5.08. The molecule has 0 aliphatic rings. The van der Waals surface area contributed by atoms with Gasteiger partial charge in [-0.2, -0.15) is 13.2 Å². The Balaban J connectivity index is 0.000000360. The molecule has 0 aliphatic heterocycles. The number of hydrogen-bond acceptors (Lipinski definition) is 3. The first-order valence-electron chi connectivity index (χ1n) is 4.39. The fourth-order valence-electron chi connectivity index (χ4n) is 0.714. The van der Waals surface area contributed by atoms with Gasteiger partial charge in [-0.3, -0.25) is 0 Å². The lowest BCUT2D eigenvalue weighted by molar-refractivity contribution is -0.192. The number of rotatable bonds is 2. The molecule has 0 heterocycles. The summed E-state index contributed by atoms with van der Waals surface area (Å²) in [5.41, 5.74) is 0.162. The third-order valence-electron chi connectivity index (χ3n) is 1.44. The summed E-state index contributed by atoms with van der Waals surface area (Å²) in [6, 6.07) is 9.36. The number of hydrogen-bond donors (Lipinski definition) is 1. The van der Waals surface area contributed by atoms with Crippen LogP contribution in [0.5, 0.6) is 0 Å². The Hall–Kier alpha value is -1.76. The highest BCUT2D eigenvalue weighted by molar-refractivity contribution is 6.61. The molecule has 1 rings (SSSR count). The first-order chi connectivity index (χ1) is 8.23. The van der Waals surface area contributed by atoms with Gasteiger partial charge in [0.05, 0.1) is 0 Å². The molecule has 1 aromatic carbocycles. The highest BCUT2D eigenvalue weighted by Crippen LogP contribution is 2.13. The minimum atomic E-state index is -5.08. The number of benzene rings is 1. The average Bonchev–Trinajstić information content (AvgIpc) is 2.27. The number of carboxylic acid groups (broad SMARTS) is 1. The molecule has 18 heavy (non-hydrogen) atoms. The van der Waals surface area contributed by atoms with Crippen LogP contribution in [0.2, 0.25) is 0 Å². The summed E-state index contributed by atoms with van der Waals surface area (Å²) in [4.78, 5) is 19.1. The lowest BCUT2D eigenvalue weighted by Gasteiger charge is -1.98. The van der Waals surface area contributed by atoms with Gasteiger partial charge < -0.3 is 9.84 Å². The van der Waals surface area contributed by atoms with Crippen LogP contribution in [-0.4, -0.2) is 22.7 Å². The van der Waals surface area contributed by atoms with E-state index in [2.05, 4.69) is 4.74 Å². The van der Waals surface area contributed by atoms with Gasteiger partial charge in [0, 0.05) is 11.6 Å². The van der Waals surface area contributed by atoms with Gasteiger partial charge in [0.1, 0.15) is 6.61 Å². The molecule has 1 N–H and O–H groups in total. The van der Waals surface area contributed by atoms with E-state index < -0.39 is 17.6 Å². The first-order valence-corrected chi connectivity index (χ1v) is 4.77. The molecule has 8 heteroatoms. The Labute approximate surface area is 105 Å². The number of alkyl halides is 3. The Morgan fingerprint density at radius 1 is 1.22 bits per heavy atom. The second-order valence-electron chi connectivity index (χ2n) is 2.81. The van der Waals surface area contributed by atoms with Crippen molar-refractivity contribution in [2.45, 2.75) is 12.8 Å². The molecule has 0 saturated carbocycles. The summed E-state index contributed by atoms with van der Waals surface area (Å²) in [5, 5.41) is 7.12. The zero-order valence-electron chi connectivity index (χ0n) is 8.78. The van der Waals surface area contributed by atoms with E-state index in [1.807, 2.05) is 30.3 Å². The van der Waals surface area contributed by atoms with Crippen LogP contribution >= 0.6 is 11.6 Å². The molecular formula is C10H8ClF3O4. The fourth-order valence-corrected chi connectivity index (χ4v) is 0.769. The Morgan fingerprint density at radius 3 is 2.00 bits per heavy atom. The predicted molar refractivity (Wildman–Crippen MR) is 56.2 cm³/mol. The van der Waals surface area contributed by atoms with E-state index in [0.29, 0.717) is 0 Å². The Kier molecular flexibility index (Phi) is 6.81. The van der Waals surface area contributed by atoms with Crippen molar-refractivity contribution in [1.82, 2.24) is 0 Å². The molecule has 0 amide bonds. The molecular weight excluding hydrogens is 277 g/mol. The number of halogens is 4. The maximum Gasteiger partial charge on any atom is 0.490 e. The van der Waals surface area contributed by atoms with Crippen LogP contribution in [0.25, 0.3) is 0 Å². The molecule has 100 valence electrons. The van der Waals surface area contributed by atoms with Gasteiger partial charge in [-0.25, -0.2) is 9.59 Å². The third-order valence-corrected chi connectivity index (χ3v) is 1.55. The molecule has 0 saturated heterocycles. The molecule has 0 aromatic heterocycles. The highest BCUT2D eigenvalue weighted by Gasteiger charge is 2.38. The number of carbonyl (C=O) groups is 2. The van der Waals surface area contributed by atoms with E-state index in [4.69, 9.17) is 21.5 Å². The van der Waals surface area contributed by atoms with Crippen LogP contribution in [0.4, 0.5) is 18.0 Å². The number of aliphatic carboxylic acids is 1. The lowest BCUT2D eigenvalue weighted by Crippen LogP contribution is -2.21. The van der Waals surface area contributed by atoms with Crippen LogP contribution < -0.4 is 0 Å². The normalized spacial score (nSPS) is 10.0. The predicted octanol–water partition coefficient (Wildman–Crippen LogP) is 3.20. The van der Waals surface area contributed by atoms with E-state index in [0.717, 1.165) is 5.56 Å². The Morgan fingerprint density at radius 2 is 1.67 bits per heavy atom. The quantitative estimate of drug-likeness (QED) is 0.847. The van der Waals surface area contributed by atoms with Gasteiger partial charge in [-0.15, -0.1) is 0 Å². The van der Waals surface area contributed by atoms with Crippen molar-refractivity contribution in [3.63, 3.8) is 0 Å². The molecule has 0 bridgehead atoms. The van der Waals surface area contributed by atoms with Crippen molar-refractivity contribution >= 4 is 23.0 Å². The van der Waals surface area contributed by atoms with E-state index in [1.54, 1.807) is 0 Å². The van der Waals surface area contributed by atoms with Gasteiger partial charge in [-0.1, -0.05) is 30.3 Å². The van der Waals surface area contributed by atoms with Crippen LogP contribution in [0.1, 0.15) is 5.56 Å². The van der Waals surface area contributed by atoms with Crippen molar-refractivity contribution in [2.75, 3.05) is 0 Å². The van der Waals surface area contributed by atoms with Gasteiger partial charge in [0.25, 0.3) is 0 Å². The van der Waals surface area contributed by atoms with E-state index in [-0.39, 0.29) is 6.61 Å². The second kappa shape index (κ2) is 7.54. The van der Waals surface area contributed by atoms with Crippen molar-refractivity contribution in [2.24, 2.45) is 0 Å². The largest absolute Gasteiger partial charge is 0.490 e. The number of carbonyl (C=O) groups excluding carboxylic acids is 1. The molecule has 0 unspecified atom stereocenters. The molecule has 0 fully saturated rings. The minimum absolute atomic E-state index is 0.239. The van der Waals surface area contributed by atoms with Crippen LogP contribution in [0.15, 0.2) is 30.3 Å². The summed E-state index contributed by atoms with van der Waals surface area (Å²) in [5.74, 6) is -2.76. The number of ether oxygens (including phenoxy) is 1. The zero-order chi connectivity index (χ0) is 14.2. The summed E-state index contributed by atoms with van der Waals surface area (Å²) in [7, 11) is 0. The fraction of sp³-hybridized carbons (Fsp3) is 0.200. The number of carboxylic acids is 1. The summed E-state index contributed by atoms with van der Waals surface area (Å²) < 4.78 is 36.3. The van der Waals surface area contributed by atoms with Crippen molar-refractivity contribution in [3.05, 3.63) is 35.9 Å². The molecule has 0 atom stereocenters. The highest BCUT2D eigenvalue weighted by atomic mass is 35.5. The SMILES string of the molecule is O=C(Cl)OCc1ccccc1.O=C(O)C(F)(F)F. The summed E-state index contributed by atoms with van der Waals surface area (Å²) >= 11 is 4.97. The molecule has 0 radical (unpaired) electrons. The van der Waals surface area contributed by atoms with Crippen molar-refractivity contribution < 1.29 is 32.6 Å². The van der Waals surface area contributed by atoms with Gasteiger partial charge >= 0.3 is 17.6 Å². The minimum Gasteiger partial charge on any atom is -0.475 e. The third kappa shape index (κ3) is 8.40. The van der Waals surface area contributed by atoms with Crippen LogP contribution in [0.3, 0.4) is 0 Å². The van der Waals surface area contributed by atoms with Crippen molar-refractivity contribution in [3.8, 4) is 0 Å². The van der Waals surface area contributed by atoms with Gasteiger partial charge in [-0.05, 0) is 5.56 Å². The topological polar surface area (TPSA) is 63.6 Å². The standard InChI is InChI=1S/C8H7ClO2.C2HF3O2/c9-8(10)11-6-7-4-2-1-3-5-7;3-2(4,5)1(6)7/h1-5H,6H2;(H,6,7). The van der Waals surface area contributed by atoms with Crippen molar-refractivity contribution in [1.29, 1.82) is 0 Å². The second-order valence-corrected chi connectivity index (χ2v) is 3.12. The lowest BCUT2D eigenvalue weighted by atomic mass is 10.2. The molecule has 0 spiro atoms. The van der Waals surface area contributed by atoms with Gasteiger partial charge in [0.2, 0.25) is 0 Å². The van der Waals surface area contributed by atoms with Gasteiger partial charge in [0.15, 0.2) is 0 Å². The van der Waals surface area contributed by atoms with Crippen LogP contribution in [-0.2, 0) is 16.1 Å². The zero-order valence-corrected chi connectivity index (χ0v) is 9.53. The monoisotopic (exact) mass is 284 g/mol. The Bertz CT molecular complexity index is 392. The van der Waals surface area contributed by atoms with E-state index >= 15 is 0 Å². The molecule has 1 aromatic rings. The smallest absolute Gasteiger partial charge is 0.475 e. The molecule has 4 nitrogen and oxygen atoms in total. The van der Waals surface area contributed by atoms with Crippen LogP contribution in [0, 0.1) is 0 Å². The maximum absolute atomic E-state index is 10.6.